The van der Waals surface area contributed by atoms with E-state index in [1.165, 1.54) is 38.5 Å². The van der Waals surface area contributed by atoms with E-state index in [-0.39, 0.29) is 29.5 Å². The van der Waals surface area contributed by atoms with Gasteiger partial charge in [0.2, 0.25) is 11.7 Å². The number of hydrogen-bond donors (Lipinski definition) is 4. The lowest BCUT2D eigenvalue weighted by Gasteiger charge is -2.11. The Morgan fingerprint density at radius 1 is 1.12 bits per heavy atom. The van der Waals surface area contributed by atoms with Gasteiger partial charge in [0.05, 0.1) is 20.3 Å². The predicted molar refractivity (Wildman–Crippen MR) is 96.3 cm³/mol. The molecule has 0 bridgehead atoms. The van der Waals surface area contributed by atoms with Gasteiger partial charge in [-0.3, -0.25) is 4.79 Å². The maximum absolute atomic E-state index is 11.9. The Kier molecular flexibility index (Phi) is 6.46. The average Bonchev–Trinajstić information content (AvgIpc) is 2.65. The van der Waals surface area contributed by atoms with E-state index >= 15 is 0 Å². The van der Waals surface area contributed by atoms with Gasteiger partial charge in [-0.1, -0.05) is 12.1 Å². The Bertz CT molecular complexity index is 760. The number of methoxy groups -OCH3 is 2. The van der Waals surface area contributed by atoms with Gasteiger partial charge in [0.25, 0.3) is 0 Å². The highest BCUT2D eigenvalue weighted by Crippen LogP contribution is 2.37. The number of aliphatic hydroxyl groups is 1. The maximum Gasteiger partial charge on any atom is 0.244 e. The third-order valence-electron chi connectivity index (χ3n) is 3.68. The van der Waals surface area contributed by atoms with Crippen molar-refractivity contribution in [3.8, 4) is 23.0 Å². The molecule has 0 fully saturated rings. The molecule has 2 rings (SSSR count). The first-order valence-corrected chi connectivity index (χ1v) is 7.82. The highest BCUT2D eigenvalue weighted by Gasteiger charge is 2.11. The van der Waals surface area contributed by atoms with E-state index in [1.807, 2.05) is 0 Å². The fourth-order valence-corrected chi connectivity index (χ4v) is 2.25. The number of amides is 1. The normalized spacial score (nSPS) is 12.0. The number of phenols is 2. The lowest BCUT2D eigenvalue weighted by molar-refractivity contribution is -0.116. The van der Waals surface area contributed by atoms with Gasteiger partial charge in [0.1, 0.15) is 5.75 Å². The van der Waals surface area contributed by atoms with Crippen molar-refractivity contribution in [2.75, 3.05) is 20.8 Å². The number of ether oxygens (including phenoxy) is 2. The molecule has 0 heterocycles. The second kappa shape index (κ2) is 8.77. The van der Waals surface area contributed by atoms with Crippen LogP contribution in [-0.2, 0) is 4.79 Å². The van der Waals surface area contributed by atoms with Crippen LogP contribution in [0.3, 0.4) is 0 Å². The van der Waals surface area contributed by atoms with Crippen molar-refractivity contribution in [2.24, 2.45) is 0 Å². The molecular weight excluding hydrogens is 338 g/mol. The first-order chi connectivity index (χ1) is 12.4. The highest BCUT2D eigenvalue weighted by molar-refractivity contribution is 5.91. The zero-order valence-electron chi connectivity index (χ0n) is 14.5. The quantitative estimate of drug-likeness (QED) is 0.563. The molecule has 0 radical (unpaired) electrons. The third kappa shape index (κ3) is 4.90. The maximum atomic E-state index is 11.9. The summed E-state index contributed by atoms with van der Waals surface area (Å²) in [6.07, 6.45) is 1.95. The Morgan fingerprint density at radius 2 is 1.69 bits per heavy atom. The van der Waals surface area contributed by atoms with Crippen LogP contribution < -0.4 is 14.8 Å². The second-order valence-corrected chi connectivity index (χ2v) is 5.46. The monoisotopic (exact) mass is 359 g/mol. The third-order valence-corrected chi connectivity index (χ3v) is 3.68. The SMILES string of the molecule is COc1cc(/C=C/C(=O)NCC(O)c2ccc(O)cc2)cc(OC)c1O. The summed E-state index contributed by atoms with van der Waals surface area (Å²) in [4.78, 5) is 11.9. The predicted octanol–water partition coefficient (Wildman–Crippen LogP) is 1.98. The molecule has 26 heavy (non-hydrogen) atoms. The largest absolute Gasteiger partial charge is 0.508 e. The smallest absolute Gasteiger partial charge is 0.244 e. The minimum absolute atomic E-state index is 0.0240. The van der Waals surface area contributed by atoms with Crippen molar-refractivity contribution in [1.82, 2.24) is 5.32 Å². The lowest BCUT2D eigenvalue weighted by Crippen LogP contribution is -2.26. The Morgan fingerprint density at radius 3 is 2.23 bits per heavy atom. The van der Waals surface area contributed by atoms with E-state index in [0.29, 0.717) is 11.1 Å². The van der Waals surface area contributed by atoms with E-state index in [2.05, 4.69) is 5.32 Å². The first-order valence-electron chi connectivity index (χ1n) is 7.82. The number of aliphatic hydroxyl groups excluding tert-OH is 1. The van der Waals surface area contributed by atoms with E-state index in [0.717, 1.165) is 0 Å². The number of benzene rings is 2. The molecule has 0 aliphatic rings. The molecule has 0 spiro atoms. The number of hydrogen-bond acceptors (Lipinski definition) is 6. The molecule has 2 aromatic carbocycles. The van der Waals surface area contributed by atoms with Crippen molar-refractivity contribution < 1.29 is 29.6 Å². The van der Waals surface area contributed by atoms with Crippen molar-refractivity contribution >= 4 is 12.0 Å². The molecule has 0 saturated heterocycles. The van der Waals surface area contributed by atoms with Gasteiger partial charge in [-0.2, -0.15) is 0 Å². The number of phenolic OH excluding ortho intramolecular Hbond substituents is 2. The van der Waals surface area contributed by atoms with Crippen LogP contribution >= 0.6 is 0 Å². The molecule has 138 valence electrons. The first kappa shape index (κ1) is 19.1. The molecular formula is C19H21NO6. The second-order valence-electron chi connectivity index (χ2n) is 5.46. The number of nitrogens with one attached hydrogen (secondary N) is 1. The Balaban J connectivity index is 1.98. The van der Waals surface area contributed by atoms with Gasteiger partial charge in [0, 0.05) is 12.6 Å². The molecule has 1 unspecified atom stereocenters. The standard InChI is InChI=1S/C19H21NO6/c1-25-16-9-12(10-17(26-2)19(16)24)3-8-18(23)20-11-15(22)13-4-6-14(21)7-5-13/h3-10,15,21-22,24H,11H2,1-2H3,(H,20,23)/b8-3+. The number of carbonyl (C=O) groups is 1. The molecule has 0 aromatic heterocycles. The lowest BCUT2D eigenvalue weighted by atomic mass is 10.1. The molecule has 0 aliphatic carbocycles. The van der Waals surface area contributed by atoms with Gasteiger partial charge in [-0.05, 0) is 41.5 Å². The summed E-state index contributed by atoms with van der Waals surface area (Å²) in [7, 11) is 2.83. The Labute approximate surface area is 151 Å². The fraction of sp³-hybridized carbons (Fsp3) is 0.211. The van der Waals surface area contributed by atoms with Crippen LogP contribution in [-0.4, -0.2) is 42.0 Å². The minimum Gasteiger partial charge on any atom is -0.508 e. The van der Waals surface area contributed by atoms with E-state index in [1.54, 1.807) is 24.3 Å². The van der Waals surface area contributed by atoms with Crippen LogP contribution in [0.15, 0.2) is 42.5 Å². The number of rotatable bonds is 7. The van der Waals surface area contributed by atoms with Gasteiger partial charge in [0.15, 0.2) is 11.5 Å². The summed E-state index contributed by atoms with van der Waals surface area (Å²) < 4.78 is 10.1. The summed E-state index contributed by atoms with van der Waals surface area (Å²) in [6, 6.07) is 9.21. The number of carbonyl (C=O) groups excluding carboxylic acids is 1. The van der Waals surface area contributed by atoms with Crippen LogP contribution in [0.5, 0.6) is 23.0 Å². The molecule has 7 nitrogen and oxygen atoms in total. The van der Waals surface area contributed by atoms with Gasteiger partial charge in [-0.15, -0.1) is 0 Å². The molecule has 0 saturated carbocycles. The topological polar surface area (TPSA) is 108 Å². The van der Waals surface area contributed by atoms with Crippen LogP contribution in [0.25, 0.3) is 6.08 Å². The summed E-state index contributed by atoms with van der Waals surface area (Å²) in [5, 5.41) is 31.7. The highest BCUT2D eigenvalue weighted by atomic mass is 16.5. The summed E-state index contributed by atoms with van der Waals surface area (Å²) in [6.45, 7) is 0.0240. The fourth-order valence-electron chi connectivity index (χ4n) is 2.25. The van der Waals surface area contributed by atoms with Crippen LogP contribution in [0.2, 0.25) is 0 Å². The minimum atomic E-state index is -0.887. The number of aromatic hydroxyl groups is 2. The van der Waals surface area contributed by atoms with E-state index in [4.69, 9.17) is 9.47 Å². The van der Waals surface area contributed by atoms with Crippen LogP contribution in [0.4, 0.5) is 0 Å². The van der Waals surface area contributed by atoms with E-state index in [9.17, 15) is 20.1 Å². The molecule has 7 heteroatoms. The molecule has 1 atom stereocenters. The summed E-state index contributed by atoms with van der Waals surface area (Å²) in [5.41, 5.74) is 1.19. The Hall–Kier alpha value is -3.19. The van der Waals surface area contributed by atoms with Crippen molar-refractivity contribution in [3.05, 3.63) is 53.6 Å². The summed E-state index contributed by atoms with van der Waals surface area (Å²) in [5.74, 6) is 0.0504. The zero-order valence-corrected chi connectivity index (χ0v) is 14.5. The zero-order chi connectivity index (χ0) is 19.1. The van der Waals surface area contributed by atoms with Crippen molar-refractivity contribution in [1.29, 1.82) is 0 Å². The van der Waals surface area contributed by atoms with Gasteiger partial charge in [-0.25, -0.2) is 0 Å². The van der Waals surface area contributed by atoms with Crippen LogP contribution in [0.1, 0.15) is 17.2 Å². The van der Waals surface area contributed by atoms with Gasteiger partial charge >= 0.3 is 0 Å². The molecule has 1 amide bonds. The van der Waals surface area contributed by atoms with Crippen molar-refractivity contribution in [3.63, 3.8) is 0 Å². The summed E-state index contributed by atoms with van der Waals surface area (Å²) >= 11 is 0. The van der Waals surface area contributed by atoms with E-state index < -0.39 is 12.0 Å². The molecule has 0 aliphatic heterocycles. The van der Waals surface area contributed by atoms with Gasteiger partial charge < -0.3 is 30.1 Å². The average molecular weight is 359 g/mol. The van der Waals surface area contributed by atoms with Crippen LogP contribution in [0, 0.1) is 0 Å². The molecule has 4 N–H and O–H groups in total. The van der Waals surface area contributed by atoms with Crippen molar-refractivity contribution in [2.45, 2.75) is 6.10 Å². The molecule has 2 aromatic rings.